The van der Waals surface area contributed by atoms with Crippen molar-refractivity contribution in [2.75, 3.05) is 32.7 Å². The Morgan fingerprint density at radius 1 is 1.11 bits per heavy atom. The fourth-order valence-corrected chi connectivity index (χ4v) is 3.79. The molecule has 0 unspecified atom stereocenters. The van der Waals surface area contributed by atoms with Gasteiger partial charge in [-0.2, -0.15) is 0 Å². The van der Waals surface area contributed by atoms with Gasteiger partial charge in [0, 0.05) is 30.6 Å². The molecule has 2 aromatic carbocycles. The lowest BCUT2D eigenvalue weighted by Gasteiger charge is -2.16. The van der Waals surface area contributed by atoms with Crippen molar-refractivity contribution < 1.29 is 4.79 Å². The Morgan fingerprint density at radius 2 is 1.81 bits per heavy atom. The number of nitrogens with zero attached hydrogens (tertiary/aromatic N) is 1. The lowest BCUT2D eigenvalue weighted by Crippen LogP contribution is -2.37. The van der Waals surface area contributed by atoms with Crippen LogP contribution in [0.4, 0.5) is 0 Å². The van der Waals surface area contributed by atoms with Crippen LogP contribution in [0.25, 0.3) is 0 Å². The van der Waals surface area contributed by atoms with Crippen LogP contribution in [0.1, 0.15) is 17.0 Å². The number of halogens is 2. The van der Waals surface area contributed by atoms with Crippen molar-refractivity contribution in [2.24, 2.45) is 11.7 Å². The molecule has 0 saturated carbocycles. The van der Waals surface area contributed by atoms with Crippen LogP contribution in [-0.2, 0) is 11.2 Å². The Balaban J connectivity index is 0.00000261. The van der Waals surface area contributed by atoms with Crippen LogP contribution in [0, 0.1) is 5.92 Å². The molecule has 4 nitrogen and oxygen atoms in total. The number of likely N-dealkylation sites (tertiary alicyclic amines) is 1. The molecule has 27 heavy (non-hydrogen) atoms. The highest BCUT2D eigenvalue weighted by atomic mass is 35.5. The molecular weight excluding hydrogens is 381 g/mol. The number of hydrogen-bond acceptors (Lipinski definition) is 3. The third-order valence-corrected chi connectivity index (χ3v) is 5.32. The number of nitrogens with two attached hydrogens (primary N) is 1. The lowest BCUT2D eigenvalue weighted by atomic mass is 9.89. The van der Waals surface area contributed by atoms with Crippen LogP contribution >= 0.6 is 24.0 Å². The van der Waals surface area contributed by atoms with Crippen LogP contribution in [0.15, 0.2) is 54.6 Å². The predicted octanol–water partition coefficient (Wildman–Crippen LogP) is 3.09. The van der Waals surface area contributed by atoms with Gasteiger partial charge in [0.2, 0.25) is 5.91 Å². The highest BCUT2D eigenvalue weighted by molar-refractivity contribution is 6.30. The summed E-state index contributed by atoms with van der Waals surface area (Å²) in [5.74, 6) is 0.880. The molecule has 0 spiro atoms. The Labute approximate surface area is 172 Å². The lowest BCUT2D eigenvalue weighted by molar-refractivity contribution is -0.122. The van der Waals surface area contributed by atoms with Crippen molar-refractivity contribution in [1.29, 1.82) is 0 Å². The van der Waals surface area contributed by atoms with E-state index in [0.717, 1.165) is 24.5 Å². The minimum Gasteiger partial charge on any atom is -0.355 e. The highest BCUT2D eigenvalue weighted by Crippen LogP contribution is 2.31. The minimum absolute atomic E-state index is 0. The maximum atomic E-state index is 12.3. The van der Waals surface area contributed by atoms with Crippen LogP contribution in [-0.4, -0.2) is 43.5 Å². The van der Waals surface area contributed by atoms with E-state index in [1.807, 2.05) is 30.3 Å². The van der Waals surface area contributed by atoms with Gasteiger partial charge in [0.25, 0.3) is 0 Å². The van der Waals surface area contributed by atoms with Crippen molar-refractivity contribution in [3.8, 4) is 0 Å². The number of amides is 1. The second kappa shape index (κ2) is 10.7. The van der Waals surface area contributed by atoms with Crippen LogP contribution in [0.3, 0.4) is 0 Å². The molecule has 2 atom stereocenters. The van der Waals surface area contributed by atoms with Crippen LogP contribution < -0.4 is 11.1 Å². The van der Waals surface area contributed by atoms with Crippen molar-refractivity contribution in [3.63, 3.8) is 0 Å². The summed E-state index contributed by atoms with van der Waals surface area (Å²) in [7, 11) is 0. The SMILES string of the molecule is Cl.NC[C@@H]1CN(CC(=O)NCCc2ccc(Cl)cc2)C[C@H]1c1ccccc1. The summed E-state index contributed by atoms with van der Waals surface area (Å²) < 4.78 is 0. The van der Waals surface area contributed by atoms with Crippen LogP contribution in [0.5, 0.6) is 0 Å². The van der Waals surface area contributed by atoms with E-state index >= 15 is 0 Å². The first-order valence-electron chi connectivity index (χ1n) is 9.14. The molecule has 1 amide bonds. The Kier molecular flexibility index (Phi) is 8.58. The molecule has 3 N–H and O–H groups in total. The third-order valence-electron chi connectivity index (χ3n) is 5.06. The second-order valence-corrected chi connectivity index (χ2v) is 7.37. The average Bonchev–Trinajstić information content (AvgIpc) is 3.07. The van der Waals surface area contributed by atoms with Crippen molar-refractivity contribution in [1.82, 2.24) is 10.2 Å². The predicted molar refractivity (Wildman–Crippen MR) is 114 cm³/mol. The van der Waals surface area contributed by atoms with E-state index in [1.165, 1.54) is 11.1 Å². The molecule has 0 radical (unpaired) electrons. The highest BCUT2D eigenvalue weighted by Gasteiger charge is 2.33. The van der Waals surface area contributed by atoms with Gasteiger partial charge in [-0.3, -0.25) is 9.69 Å². The van der Waals surface area contributed by atoms with E-state index in [9.17, 15) is 4.79 Å². The molecule has 6 heteroatoms. The minimum atomic E-state index is 0. The Morgan fingerprint density at radius 3 is 2.48 bits per heavy atom. The summed E-state index contributed by atoms with van der Waals surface area (Å²) >= 11 is 5.89. The zero-order chi connectivity index (χ0) is 18.4. The summed E-state index contributed by atoms with van der Waals surface area (Å²) in [4.78, 5) is 14.5. The van der Waals surface area contributed by atoms with Gasteiger partial charge in [-0.15, -0.1) is 12.4 Å². The summed E-state index contributed by atoms with van der Waals surface area (Å²) in [5, 5.41) is 3.75. The number of carbonyl (C=O) groups excluding carboxylic acids is 1. The Hall–Kier alpha value is -1.59. The molecule has 0 aromatic heterocycles. The standard InChI is InChI=1S/C21H26ClN3O.ClH/c22-19-8-6-16(7-9-19)10-11-24-21(26)15-25-13-18(12-23)20(14-25)17-4-2-1-3-5-17;/h1-9,18,20H,10-15,23H2,(H,24,26);1H/t18-,20+;/m1./s1. The summed E-state index contributed by atoms with van der Waals surface area (Å²) in [6, 6.07) is 18.2. The number of benzene rings is 2. The normalized spacial score (nSPS) is 19.5. The van der Waals surface area contributed by atoms with Crippen molar-refractivity contribution >= 4 is 29.9 Å². The van der Waals surface area contributed by atoms with Crippen molar-refractivity contribution in [2.45, 2.75) is 12.3 Å². The van der Waals surface area contributed by atoms with Gasteiger partial charge in [0.1, 0.15) is 0 Å². The molecular formula is C21H27Cl2N3O. The van der Waals surface area contributed by atoms with E-state index in [4.69, 9.17) is 17.3 Å². The van der Waals surface area contributed by atoms with Gasteiger partial charge in [-0.05, 0) is 42.1 Å². The zero-order valence-electron chi connectivity index (χ0n) is 15.3. The van der Waals surface area contributed by atoms with E-state index < -0.39 is 0 Å². The van der Waals surface area contributed by atoms with E-state index in [2.05, 4.69) is 34.5 Å². The Bertz CT molecular complexity index is 709. The van der Waals surface area contributed by atoms with Gasteiger partial charge in [0.05, 0.1) is 6.54 Å². The molecule has 1 fully saturated rings. The smallest absolute Gasteiger partial charge is 0.234 e. The topological polar surface area (TPSA) is 58.4 Å². The molecule has 3 rings (SSSR count). The molecule has 0 bridgehead atoms. The molecule has 1 aliphatic heterocycles. The maximum absolute atomic E-state index is 12.3. The largest absolute Gasteiger partial charge is 0.355 e. The molecule has 2 aromatic rings. The molecule has 1 heterocycles. The first-order chi connectivity index (χ1) is 12.7. The van der Waals surface area contributed by atoms with Gasteiger partial charge < -0.3 is 11.1 Å². The summed E-state index contributed by atoms with van der Waals surface area (Å²) in [6.45, 7) is 3.47. The number of rotatable bonds is 7. The zero-order valence-corrected chi connectivity index (χ0v) is 16.9. The molecule has 1 aliphatic rings. The summed E-state index contributed by atoms with van der Waals surface area (Å²) in [6.07, 6.45) is 0.807. The first-order valence-corrected chi connectivity index (χ1v) is 9.52. The monoisotopic (exact) mass is 407 g/mol. The molecule has 146 valence electrons. The van der Waals surface area contributed by atoms with E-state index in [-0.39, 0.29) is 18.3 Å². The summed E-state index contributed by atoms with van der Waals surface area (Å²) in [5.41, 5.74) is 8.46. The number of hydrogen-bond donors (Lipinski definition) is 2. The quantitative estimate of drug-likeness (QED) is 0.740. The molecule has 1 saturated heterocycles. The van der Waals surface area contributed by atoms with Gasteiger partial charge in [-0.25, -0.2) is 0 Å². The fraction of sp³-hybridized carbons (Fsp3) is 0.381. The van der Waals surface area contributed by atoms with Gasteiger partial charge in [0.15, 0.2) is 0 Å². The average molecular weight is 408 g/mol. The fourth-order valence-electron chi connectivity index (χ4n) is 3.66. The third kappa shape index (κ3) is 6.22. The van der Waals surface area contributed by atoms with Crippen LogP contribution in [0.2, 0.25) is 5.02 Å². The number of carbonyl (C=O) groups is 1. The van der Waals surface area contributed by atoms with Crippen molar-refractivity contribution in [3.05, 3.63) is 70.7 Å². The van der Waals surface area contributed by atoms with E-state index in [0.29, 0.717) is 31.5 Å². The molecule has 0 aliphatic carbocycles. The van der Waals surface area contributed by atoms with E-state index in [1.54, 1.807) is 0 Å². The van der Waals surface area contributed by atoms with Gasteiger partial charge >= 0.3 is 0 Å². The first kappa shape index (κ1) is 21.7. The van der Waals surface area contributed by atoms with Gasteiger partial charge in [-0.1, -0.05) is 54.1 Å². The second-order valence-electron chi connectivity index (χ2n) is 6.93. The maximum Gasteiger partial charge on any atom is 0.234 e. The number of nitrogens with one attached hydrogen (secondary N) is 1.